The zero-order valence-corrected chi connectivity index (χ0v) is 12.7. The van der Waals surface area contributed by atoms with Crippen molar-refractivity contribution in [3.8, 4) is 0 Å². The van der Waals surface area contributed by atoms with Gasteiger partial charge in [0.05, 0.1) is 10.6 Å². The predicted octanol–water partition coefficient (Wildman–Crippen LogP) is 4.55. The normalized spacial score (nSPS) is 10.8. The third kappa shape index (κ3) is 3.02. The van der Waals surface area contributed by atoms with Crippen molar-refractivity contribution in [1.82, 2.24) is 0 Å². The topological polar surface area (TPSA) is 52.0 Å². The molecule has 0 aliphatic carbocycles. The van der Waals surface area contributed by atoms with Crippen LogP contribution in [0.25, 0.3) is 0 Å². The van der Waals surface area contributed by atoms with Crippen LogP contribution in [0.4, 0.5) is 20.2 Å². The molecule has 0 aliphatic heterocycles. The minimum Gasteiger partial charge on any atom is -0.398 e. The molecule has 106 valence electrons. The molecule has 2 aromatic rings. The van der Waals surface area contributed by atoms with Crippen LogP contribution < -0.4 is 11.5 Å². The summed E-state index contributed by atoms with van der Waals surface area (Å²) in [7, 11) is 2.56. The lowest BCUT2D eigenvalue weighted by atomic mass is 10.2. The number of rotatable bonds is 3. The number of anilines is 2. The lowest BCUT2D eigenvalue weighted by Gasteiger charge is -2.10. The molecule has 0 atom stereocenters. The van der Waals surface area contributed by atoms with Gasteiger partial charge in [0.1, 0.15) is 11.6 Å². The van der Waals surface area contributed by atoms with Crippen LogP contribution in [-0.4, -0.2) is 0 Å². The van der Waals surface area contributed by atoms with Crippen LogP contribution in [0, 0.1) is 25.5 Å². The van der Waals surface area contributed by atoms with Gasteiger partial charge in [-0.1, -0.05) is 10.8 Å². The highest BCUT2D eigenvalue weighted by molar-refractivity contribution is 8.76. The second kappa shape index (κ2) is 5.93. The minimum absolute atomic E-state index is 0.125. The maximum Gasteiger partial charge on any atom is 0.146 e. The SMILES string of the molecule is Cc1cc(F)c(SSc2ccc(F)c(N)c2C)cc1N. The largest absolute Gasteiger partial charge is 0.398 e. The van der Waals surface area contributed by atoms with Gasteiger partial charge in [0.15, 0.2) is 0 Å². The molecule has 0 saturated carbocycles. The number of aryl methyl sites for hydroxylation is 1. The maximum absolute atomic E-state index is 13.8. The minimum atomic E-state index is -0.442. The van der Waals surface area contributed by atoms with Gasteiger partial charge in [0.2, 0.25) is 0 Å². The van der Waals surface area contributed by atoms with Crippen molar-refractivity contribution in [2.75, 3.05) is 11.5 Å². The Morgan fingerprint density at radius 1 is 0.900 bits per heavy atom. The van der Waals surface area contributed by atoms with E-state index in [4.69, 9.17) is 11.5 Å². The van der Waals surface area contributed by atoms with Crippen LogP contribution in [0.15, 0.2) is 34.1 Å². The number of nitrogens with two attached hydrogens (primary N) is 2. The Hall–Kier alpha value is -1.40. The molecule has 0 bridgehead atoms. The summed E-state index contributed by atoms with van der Waals surface area (Å²) < 4.78 is 27.1. The van der Waals surface area contributed by atoms with Gasteiger partial charge in [-0.15, -0.1) is 0 Å². The van der Waals surface area contributed by atoms with E-state index in [0.717, 1.165) is 4.90 Å². The van der Waals surface area contributed by atoms with Gasteiger partial charge in [-0.3, -0.25) is 0 Å². The second-order valence-corrected chi connectivity index (χ2v) is 6.60. The number of halogens is 2. The fourth-order valence-electron chi connectivity index (χ4n) is 1.59. The van der Waals surface area contributed by atoms with Crippen molar-refractivity contribution in [3.63, 3.8) is 0 Å². The zero-order chi connectivity index (χ0) is 14.9. The van der Waals surface area contributed by atoms with E-state index in [1.165, 1.54) is 33.7 Å². The van der Waals surface area contributed by atoms with E-state index < -0.39 is 5.82 Å². The van der Waals surface area contributed by atoms with E-state index in [9.17, 15) is 8.78 Å². The Bertz CT molecular complexity index is 658. The Morgan fingerprint density at radius 2 is 1.55 bits per heavy atom. The van der Waals surface area contributed by atoms with Gasteiger partial charge in [-0.2, -0.15) is 0 Å². The number of nitrogen functional groups attached to an aromatic ring is 2. The van der Waals surface area contributed by atoms with Crippen LogP contribution in [0.5, 0.6) is 0 Å². The van der Waals surface area contributed by atoms with E-state index in [0.29, 0.717) is 21.7 Å². The lowest BCUT2D eigenvalue weighted by Crippen LogP contribution is -1.95. The van der Waals surface area contributed by atoms with Gasteiger partial charge in [-0.05, 0) is 60.0 Å². The zero-order valence-electron chi connectivity index (χ0n) is 11.0. The van der Waals surface area contributed by atoms with Crippen molar-refractivity contribution in [3.05, 3.63) is 47.0 Å². The molecular formula is C14H14F2N2S2. The van der Waals surface area contributed by atoms with Crippen LogP contribution in [0.3, 0.4) is 0 Å². The summed E-state index contributed by atoms with van der Waals surface area (Å²) in [5.74, 6) is -0.760. The first-order valence-corrected chi connectivity index (χ1v) is 8.00. The Balaban J connectivity index is 2.21. The van der Waals surface area contributed by atoms with Gasteiger partial charge < -0.3 is 11.5 Å². The first kappa shape index (κ1) is 15.0. The van der Waals surface area contributed by atoms with Crippen molar-refractivity contribution >= 4 is 33.0 Å². The summed E-state index contributed by atoms with van der Waals surface area (Å²) in [5.41, 5.74) is 13.4. The molecule has 6 heteroatoms. The van der Waals surface area contributed by atoms with Gasteiger partial charge in [-0.25, -0.2) is 8.78 Å². The summed E-state index contributed by atoms with van der Waals surface area (Å²) in [4.78, 5) is 1.24. The molecule has 0 aliphatic rings. The van der Waals surface area contributed by atoms with Crippen molar-refractivity contribution in [2.24, 2.45) is 0 Å². The highest BCUT2D eigenvalue weighted by Crippen LogP contribution is 2.42. The third-order valence-electron chi connectivity index (χ3n) is 2.95. The molecule has 0 saturated heterocycles. The molecule has 0 spiro atoms. The fraction of sp³-hybridized carbons (Fsp3) is 0.143. The number of hydrogen-bond acceptors (Lipinski definition) is 4. The molecule has 0 radical (unpaired) electrons. The Labute approximate surface area is 124 Å². The van der Waals surface area contributed by atoms with Crippen LogP contribution in [0.2, 0.25) is 0 Å². The molecule has 0 aromatic heterocycles. The smallest absolute Gasteiger partial charge is 0.146 e. The average Bonchev–Trinajstić information content (AvgIpc) is 2.40. The first-order valence-electron chi connectivity index (χ1n) is 5.85. The van der Waals surface area contributed by atoms with E-state index in [2.05, 4.69) is 0 Å². The molecule has 2 rings (SSSR count). The summed E-state index contributed by atoms with van der Waals surface area (Å²) >= 11 is 0. The molecule has 0 fully saturated rings. The van der Waals surface area contributed by atoms with Gasteiger partial charge in [0.25, 0.3) is 0 Å². The third-order valence-corrected chi connectivity index (χ3v) is 5.48. The van der Waals surface area contributed by atoms with E-state index >= 15 is 0 Å². The molecule has 0 heterocycles. The van der Waals surface area contributed by atoms with E-state index in [-0.39, 0.29) is 11.5 Å². The predicted molar refractivity (Wildman–Crippen MR) is 82.8 cm³/mol. The summed E-state index contributed by atoms with van der Waals surface area (Å²) in [6, 6.07) is 5.95. The lowest BCUT2D eigenvalue weighted by molar-refractivity contribution is 0.601. The Kier molecular flexibility index (Phi) is 4.45. The fourth-order valence-corrected chi connectivity index (χ4v) is 3.90. The van der Waals surface area contributed by atoms with Crippen molar-refractivity contribution < 1.29 is 8.78 Å². The molecule has 2 aromatic carbocycles. The molecule has 20 heavy (non-hydrogen) atoms. The van der Waals surface area contributed by atoms with Crippen LogP contribution >= 0.6 is 21.6 Å². The summed E-state index contributed by atoms with van der Waals surface area (Å²) in [6.45, 7) is 3.49. The molecular weight excluding hydrogens is 298 g/mol. The van der Waals surface area contributed by atoms with Gasteiger partial charge >= 0.3 is 0 Å². The molecule has 2 nitrogen and oxygen atoms in total. The summed E-state index contributed by atoms with van der Waals surface area (Å²) in [5, 5.41) is 0. The number of hydrogen-bond donors (Lipinski definition) is 2. The molecule has 0 amide bonds. The maximum atomic E-state index is 13.8. The monoisotopic (exact) mass is 312 g/mol. The average molecular weight is 312 g/mol. The highest BCUT2D eigenvalue weighted by atomic mass is 33.1. The number of benzene rings is 2. The summed E-state index contributed by atoms with van der Waals surface area (Å²) in [6.07, 6.45) is 0. The Morgan fingerprint density at radius 3 is 2.25 bits per heavy atom. The molecule has 0 unspecified atom stereocenters. The standard InChI is InChI=1S/C14H14F2N2S2/c1-7-5-10(16)13(6-11(7)17)20-19-12-4-3-9(15)14(18)8(12)2/h3-6H,17-18H2,1-2H3. The second-order valence-electron chi connectivity index (χ2n) is 4.39. The molecule has 4 N–H and O–H groups in total. The van der Waals surface area contributed by atoms with E-state index in [1.807, 2.05) is 0 Å². The quantitative estimate of drug-likeness (QED) is 0.645. The highest BCUT2D eigenvalue weighted by Gasteiger charge is 2.11. The van der Waals surface area contributed by atoms with Crippen molar-refractivity contribution in [1.29, 1.82) is 0 Å². The first-order chi connectivity index (χ1) is 9.40. The van der Waals surface area contributed by atoms with Crippen LogP contribution in [-0.2, 0) is 0 Å². The van der Waals surface area contributed by atoms with E-state index in [1.54, 1.807) is 26.0 Å². The van der Waals surface area contributed by atoms with Gasteiger partial charge in [0, 0.05) is 10.6 Å². The van der Waals surface area contributed by atoms with Crippen LogP contribution in [0.1, 0.15) is 11.1 Å². The van der Waals surface area contributed by atoms with Crippen molar-refractivity contribution in [2.45, 2.75) is 23.6 Å².